The maximum Gasteiger partial charge on any atom is 0.0708 e. The van der Waals surface area contributed by atoms with Crippen LogP contribution in [0.5, 0.6) is 0 Å². The maximum atomic E-state index is 9.88. The molecule has 0 aromatic carbocycles. The quantitative estimate of drug-likeness (QED) is 0.593. The van der Waals surface area contributed by atoms with Crippen LogP contribution in [0, 0.1) is 0 Å². The van der Waals surface area contributed by atoms with Crippen molar-refractivity contribution in [1.29, 1.82) is 0 Å². The van der Waals surface area contributed by atoms with Crippen molar-refractivity contribution in [3.8, 4) is 0 Å². The van der Waals surface area contributed by atoms with Crippen molar-refractivity contribution in [2.24, 2.45) is 0 Å². The third-order valence-corrected chi connectivity index (χ3v) is 2.40. The first-order valence-electron chi connectivity index (χ1n) is 5.09. The predicted molar refractivity (Wildman–Crippen MR) is 58.4 cm³/mol. The van der Waals surface area contributed by atoms with Crippen LogP contribution in [0.15, 0.2) is 0 Å². The van der Waals surface area contributed by atoms with Gasteiger partial charge in [0.2, 0.25) is 0 Å². The third-order valence-electron chi connectivity index (χ3n) is 2.40. The van der Waals surface area contributed by atoms with E-state index in [9.17, 15) is 5.11 Å². The SMILES string of the molecule is CN(C)CC[C@@H](O)[C@@H](CCO)N(C)C. The average Bonchev–Trinajstić information content (AvgIpc) is 2.09. The molecule has 0 aliphatic rings. The molecule has 0 saturated carbocycles. The Bertz CT molecular complexity index is 140. The van der Waals surface area contributed by atoms with E-state index >= 15 is 0 Å². The molecule has 4 nitrogen and oxygen atoms in total. The van der Waals surface area contributed by atoms with E-state index in [1.54, 1.807) is 0 Å². The lowest BCUT2D eigenvalue weighted by Gasteiger charge is -2.29. The minimum absolute atomic E-state index is 0.0555. The van der Waals surface area contributed by atoms with Crippen molar-refractivity contribution in [1.82, 2.24) is 9.80 Å². The number of nitrogens with zero attached hydrogens (tertiary/aromatic N) is 2. The van der Waals surface area contributed by atoms with Gasteiger partial charge >= 0.3 is 0 Å². The van der Waals surface area contributed by atoms with Crippen molar-refractivity contribution >= 4 is 0 Å². The highest BCUT2D eigenvalue weighted by Gasteiger charge is 2.20. The number of likely N-dealkylation sites (N-methyl/N-ethyl adjacent to an activating group) is 1. The summed E-state index contributed by atoms with van der Waals surface area (Å²) in [5.74, 6) is 0. The van der Waals surface area contributed by atoms with Crippen molar-refractivity contribution in [2.75, 3.05) is 41.3 Å². The minimum atomic E-state index is -0.362. The molecule has 0 aliphatic heterocycles. The molecule has 0 amide bonds. The number of aliphatic hydroxyl groups excluding tert-OH is 2. The summed E-state index contributed by atoms with van der Waals surface area (Å²) in [7, 11) is 7.84. The second-order valence-corrected chi connectivity index (χ2v) is 4.20. The van der Waals surface area contributed by atoms with E-state index in [1.807, 2.05) is 33.1 Å². The smallest absolute Gasteiger partial charge is 0.0708 e. The van der Waals surface area contributed by atoms with Crippen LogP contribution in [0.2, 0.25) is 0 Å². The van der Waals surface area contributed by atoms with Gasteiger partial charge < -0.3 is 20.0 Å². The average molecular weight is 204 g/mol. The van der Waals surface area contributed by atoms with Gasteiger partial charge in [0.25, 0.3) is 0 Å². The van der Waals surface area contributed by atoms with Gasteiger partial charge in [0.05, 0.1) is 6.10 Å². The first-order valence-corrected chi connectivity index (χ1v) is 5.09. The lowest BCUT2D eigenvalue weighted by molar-refractivity contribution is 0.0492. The Morgan fingerprint density at radius 3 is 2.00 bits per heavy atom. The third kappa shape index (κ3) is 5.54. The summed E-state index contributed by atoms with van der Waals surface area (Å²) in [6, 6.07) is 0.0555. The van der Waals surface area contributed by atoms with Gasteiger partial charge in [0.1, 0.15) is 0 Å². The van der Waals surface area contributed by atoms with Gasteiger partial charge in [-0.2, -0.15) is 0 Å². The summed E-state index contributed by atoms with van der Waals surface area (Å²) in [5.41, 5.74) is 0. The minimum Gasteiger partial charge on any atom is -0.396 e. The van der Waals surface area contributed by atoms with Crippen molar-refractivity contribution < 1.29 is 10.2 Å². The predicted octanol–water partition coefficient (Wildman–Crippen LogP) is -0.388. The van der Waals surface area contributed by atoms with Gasteiger partial charge in [-0.3, -0.25) is 0 Å². The summed E-state index contributed by atoms with van der Waals surface area (Å²) in [5, 5.41) is 18.7. The zero-order chi connectivity index (χ0) is 11.1. The van der Waals surface area contributed by atoms with Crippen LogP contribution in [0.4, 0.5) is 0 Å². The van der Waals surface area contributed by atoms with E-state index in [0.29, 0.717) is 6.42 Å². The lowest BCUT2D eigenvalue weighted by atomic mass is 10.0. The highest BCUT2D eigenvalue weighted by atomic mass is 16.3. The van der Waals surface area contributed by atoms with Crippen LogP contribution in [-0.2, 0) is 0 Å². The van der Waals surface area contributed by atoms with Crippen LogP contribution in [0.3, 0.4) is 0 Å². The maximum absolute atomic E-state index is 9.88. The lowest BCUT2D eigenvalue weighted by Crippen LogP contribution is -2.41. The normalized spacial score (nSPS) is 16.3. The Labute approximate surface area is 87.1 Å². The highest BCUT2D eigenvalue weighted by Crippen LogP contribution is 2.08. The zero-order valence-electron chi connectivity index (χ0n) is 9.77. The van der Waals surface area contributed by atoms with Gasteiger partial charge in [0, 0.05) is 19.2 Å². The molecular formula is C10H24N2O2. The standard InChI is InChI=1S/C10H24N2O2/c1-11(2)7-5-10(14)9(6-8-13)12(3)4/h9-10,13-14H,5-8H2,1-4H3/t9-,10-/m1/s1. The molecule has 14 heavy (non-hydrogen) atoms. The first kappa shape index (κ1) is 13.8. The molecule has 0 radical (unpaired) electrons. The fraction of sp³-hybridized carbons (Fsp3) is 1.00. The van der Waals surface area contributed by atoms with Crippen molar-refractivity contribution in [2.45, 2.75) is 25.0 Å². The van der Waals surface area contributed by atoms with E-state index < -0.39 is 0 Å². The molecule has 0 unspecified atom stereocenters. The van der Waals surface area contributed by atoms with E-state index in [0.717, 1.165) is 13.0 Å². The van der Waals surface area contributed by atoms with E-state index in [-0.39, 0.29) is 18.8 Å². The highest BCUT2D eigenvalue weighted by molar-refractivity contribution is 4.75. The summed E-state index contributed by atoms with van der Waals surface area (Å²) >= 11 is 0. The van der Waals surface area contributed by atoms with Crippen molar-refractivity contribution in [3.05, 3.63) is 0 Å². The number of hydrogen-bond donors (Lipinski definition) is 2. The Balaban J connectivity index is 3.94. The number of aliphatic hydroxyl groups is 2. The summed E-state index contributed by atoms with van der Waals surface area (Å²) < 4.78 is 0. The fourth-order valence-electron chi connectivity index (χ4n) is 1.51. The van der Waals surface area contributed by atoms with E-state index in [1.165, 1.54) is 0 Å². The second kappa shape index (κ2) is 7.17. The van der Waals surface area contributed by atoms with Crippen LogP contribution in [0.1, 0.15) is 12.8 Å². The molecular weight excluding hydrogens is 180 g/mol. The van der Waals surface area contributed by atoms with E-state index in [4.69, 9.17) is 5.11 Å². The van der Waals surface area contributed by atoms with Gasteiger partial charge in [-0.15, -0.1) is 0 Å². The second-order valence-electron chi connectivity index (χ2n) is 4.20. The number of rotatable bonds is 7. The Morgan fingerprint density at radius 1 is 1.07 bits per heavy atom. The Kier molecular flexibility index (Phi) is 7.09. The summed E-state index contributed by atoms with van der Waals surface area (Å²) in [6.45, 7) is 0.999. The zero-order valence-corrected chi connectivity index (χ0v) is 9.77. The summed E-state index contributed by atoms with van der Waals surface area (Å²) in [4.78, 5) is 4.02. The van der Waals surface area contributed by atoms with Crippen molar-refractivity contribution in [3.63, 3.8) is 0 Å². The molecule has 0 aromatic heterocycles. The molecule has 2 atom stereocenters. The molecule has 86 valence electrons. The first-order chi connectivity index (χ1) is 6.49. The molecule has 0 bridgehead atoms. The summed E-state index contributed by atoms with van der Waals surface area (Å²) in [6.07, 6.45) is 1.01. The van der Waals surface area contributed by atoms with Crippen LogP contribution >= 0.6 is 0 Å². The molecule has 0 aliphatic carbocycles. The van der Waals surface area contributed by atoms with Gasteiger partial charge in [0.15, 0.2) is 0 Å². The number of hydrogen-bond acceptors (Lipinski definition) is 4. The molecule has 0 spiro atoms. The van der Waals surface area contributed by atoms with Crippen LogP contribution < -0.4 is 0 Å². The largest absolute Gasteiger partial charge is 0.396 e. The Morgan fingerprint density at radius 2 is 1.64 bits per heavy atom. The van der Waals surface area contributed by atoms with E-state index in [2.05, 4.69) is 4.90 Å². The van der Waals surface area contributed by atoms with Gasteiger partial charge in [-0.25, -0.2) is 0 Å². The molecule has 2 N–H and O–H groups in total. The molecule has 0 rings (SSSR count). The molecule has 0 aromatic rings. The molecule has 0 saturated heterocycles. The van der Waals surface area contributed by atoms with Crippen LogP contribution in [0.25, 0.3) is 0 Å². The molecule has 4 heteroatoms. The topological polar surface area (TPSA) is 46.9 Å². The molecule has 0 fully saturated rings. The fourth-order valence-corrected chi connectivity index (χ4v) is 1.51. The van der Waals surface area contributed by atoms with Gasteiger partial charge in [-0.05, 0) is 41.0 Å². The van der Waals surface area contributed by atoms with Gasteiger partial charge in [-0.1, -0.05) is 0 Å². The van der Waals surface area contributed by atoms with Crippen LogP contribution in [-0.4, -0.2) is 73.5 Å². The Hall–Kier alpha value is -0.160. The monoisotopic (exact) mass is 204 g/mol. The molecule has 0 heterocycles.